The Balaban J connectivity index is 2.60. The van der Waals surface area contributed by atoms with E-state index in [1.807, 2.05) is 18.2 Å². The molecule has 0 saturated heterocycles. The molecule has 16 heavy (non-hydrogen) atoms. The summed E-state index contributed by atoms with van der Waals surface area (Å²) in [7, 11) is 3.16. The Hall–Kier alpha value is -2.17. The molecule has 1 aromatic carbocycles. The molecule has 2 aromatic rings. The van der Waals surface area contributed by atoms with Crippen LogP contribution in [0.3, 0.4) is 0 Å². The van der Waals surface area contributed by atoms with Crippen molar-refractivity contribution in [3.63, 3.8) is 0 Å². The summed E-state index contributed by atoms with van der Waals surface area (Å²) in [6.07, 6.45) is 1.54. The highest BCUT2D eigenvalue weighted by molar-refractivity contribution is 5.73. The van der Waals surface area contributed by atoms with Crippen LogP contribution in [0.5, 0.6) is 11.5 Å². The number of oxazole rings is 1. The lowest BCUT2D eigenvalue weighted by Gasteiger charge is -2.10. The molecule has 0 aliphatic heterocycles. The van der Waals surface area contributed by atoms with Gasteiger partial charge in [-0.25, -0.2) is 4.98 Å². The predicted octanol–water partition coefficient (Wildman–Crippen LogP) is 1.94. The van der Waals surface area contributed by atoms with Gasteiger partial charge in [-0.05, 0) is 12.1 Å². The van der Waals surface area contributed by atoms with Crippen molar-refractivity contribution < 1.29 is 13.9 Å². The first-order valence-electron chi connectivity index (χ1n) is 4.69. The first kappa shape index (κ1) is 10.4. The summed E-state index contributed by atoms with van der Waals surface area (Å²) in [4.78, 5) is 3.84. The Morgan fingerprint density at radius 2 is 1.81 bits per heavy atom. The van der Waals surface area contributed by atoms with Crippen LogP contribution >= 0.6 is 0 Å². The maximum absolute atomic E-state index is 5.44. The number of nitrogens with zero attached hydrogens (tertiary/aromatic N) is 1. The number of nitrogens with two attached hydrogens (primary N) is 1. The largest absolute Gasteiger partial charge is 0.496 e. The third-order valence-electron chi connectivity index (χ3n) is 2.20. The Labute approximate surface area is 92.8 Å². The van der Waals surface area contributed by atoms with Gasteiger partial charge in [0.1, 0.15) is 17.1 Å². The van der Waals surface area contributed by atoms with Gasteiger partial charge in [-0.2, -0.15) is 0 Å². The second-order valence-electron chi connectivity index (χ2n) is 3.10. The van der Waals surface area contributed by atoms with Crippen LogP contribution in [0.2, 0.25) is 0 Å². The van der Waals surface area contributed by atoms with E-state index >= 15 is 0 Å². The number of ether oxygens (including phenoxy) is 2. The van der Waals surface area contributed by atoms with Crippen LogP contribution in [-0.2, 0) is 0 Å². The van der Waals surface area contributed by atoms with Crippen LogP contribution in [0.4, 0.5) is 6.01 Å². The van der Waals surface area contributed by atoms with Crippen molar-refractivity contribution in [3.8, 4) is 22.8 Å². The van der Waals surface area contributed by atoms with E-state index in [1.165, 1.54) is 6.20 Å². The van der Waals surface area contributed by atoms with Gasteiger partial charge < -0.3 is 19.6 Å². The molecule has 0 spiro atoms. The first-order chi connectivity index (χ1) is 7.76. The number of anilines is 1. The van der Waals surface area contributed by atoms with Crippen LogP contribution in [0.1, 0.15) is 0 Å². The van der Waals surface area contributed by atoms with Crippen LogP contribution in [0, 0.1) is 0 Å². The first-order valence-corrected chi connectivity index (χ1v) is 4.69. The smallest absolute Gasteiger partial charge is 0.292 e. The molecule has 1 heterocycles. The van der Waals surface area contributed by atoms with E-state index in [-0.39, 0.29) is 6.01 Å². The fourth-order valence-corrected chi connectivity index (χ4v) is 1.50. The molecule has 5 heteroatoms. The molecule has 2 N–H and O–H groups in total. The molecule has 0 atom stereocenters. The number of nitrogen functional groups attached to an aromatic ring is 1. The van der Waals surface area contributed by atoms with Crippen molar-refractivity contribution in [2.45, 2.75) is 0 Å². The summed E-state index contributed by atoms with van der Waals surface area (Å²) < 4.78 is 15.7. The predicted molar refractivity (Wildman–Crippen MR) is 59.5 cm³/mol. The number of aromatic nitrogens is 1. The Morgan fingerprint density at radius 1 is 1.19 bits per heavy atom. The number of rotatable bonds is 3. The number of hydrogen-bond donors (Lipinski definition) is 1. The van der Waals surface area contributed by atoms with Crippen molar-refractivity contribution in [2.24, 2.45) is 0 Å². The molecular weight excluding hydrogens is 208 g/mol. The van der Waals surface area contributed by atoms with Crippen molar-refractivity contribution in [1.82, 2.24) is 4.98 Å². The lowest BCUT2D eigenvalue weighted by molar-refractivity contribution is 0.395. The summed E-state index contributed by atoms with van der Waals surface area (Å²) in [5, 5.41) is 0. The minimum atomic E-state index is 0.114. The quantitative estimate of drug-likeness (QED) is 0.855. The zero-order valence-electron chi connectivity index (χ0n) is 9.06. The van der Waals surface area contributed by atoms with E-state index < -0.39 is 0 Å². The maximum atomic E-state index is 5.44. The van der Waals surface area contributed by atoms with Gasteiger partial charge in [-0.1, -0.05) is 6.07 Å². The summed E-state index contributed by atoms with van der Waals surface area (Å²) in [6.45, 7) is 0. The molecule has 0 saturated carbocycles. The van der Waals surface area contributed by atoms with Gasteiger partial charge in [0, 0.05) is 0 Å². The second kappa shape index (κ2) is 4.14. The Kier molecular flexibility index (Phi) is 2.68. The van der Waals surface area contributed by atoms with Gasteiger partial charge in [-0.15, -0.1) is 0 Å². The van der Waals surface area contributed by atoms with E-state index in [0.29, 0.717) is 22.8 Å². The zero-order chi connectivity index (χ0) is 11.5. The Bertz CT molecular complexity index is 471. The minimum absolute atomic E-state index is 0.114. The normalized spacial score (nSPS) is 10.1. The van der Waals surface area contributed by atoms with Crippen molar-refractivity contribution in [3.05, 3.63) is 24.4 Å². The summed E-state index contributed by atoms with van der Waals surface area (Å²) in [5.41, 5.74) is 6.14. The molecule has 5 nitrogen and oxygen atoms in total. The van der Waals surface area contributed by atoms with E-state index in [2.05, 4.69) is 4.98 Å². The topological polar surface area (TPSA) is 70.5 Å². The molecule has 0 radical (unpaired) electrons. The average Bonchev–Trinajstić information content (AvgIpc) is 2.74. The van der Waals surface area contributed by atoms with E-state index in [1.54, 1.807) is 14.2 Å². The van der Waals surface area contributed by atoms with Gasteiger partial charge >= 0.3 is 0 Å². The van der Waals surface area contributed by atoms with E-state index in [4.69, 9.17) is 19.6 Å². The van der Waals surface area contributed by atoms with Crippen molar-refractivity contribution >= 4 is 6.01 Å². The molecular formula is C11H12N2O3. The molecule has 1 aromatic heterocycles. The monoisotopic (exact) mass is 220 g/mol. The van der Waals surface area contributed by atoms with Gasteiger partial charge in [0.25, 0.3) is 6.01 Å². The van der Waals surface area contributed by atoms with E-state index in [9.17, 15) is 0 Å². The van der Waals surface area contributed by atoms with Crippen molar-refractivity contribution in [2.75, 3.05) is 20.0 Å². The molecule has 2 rings (SSSR count). The number of hydrogen-bond acceptors (Lipinski definition) is 5. The fourth-order valence-electron chi connectivity index (χ4n) is 1.50. The van der Waals surface area contributed by atoms with Crippen LogP contribution in [-0.4, -0.2) is 19.2 Å². The molecule has 84 valence electrons. The lowest BCUT2D eigenvalue weighted by Crippen LogP contribution is -1.91. The zero-order valence-corrected chi connectivity index (χ0v) is 9.06. The highest BCUT2D eigenvalue weighted by Crippen LogP contribution is 2.38. The highest BCUT2D eigenvalue weighted by Gasteiger charge is 2.15. The fraction of sp³-hybridized carbons (Fsp3) is 0.182. The SMILES string of the molecule is COc1cccc(OC)c1-c1cnc(N)o1. The lowest BCUT2D eigenvalue weighted by atomic mass is 10.1. The molecule has 0 unspecified atom stereocenters. The van der Waals surface area contributed by atoms with Gasteiger partial charge in [0.15, 0.2) is 5.76 Å². The molecule has 0 bridgehead atoms. The number of benzene rings is 1. The average molecular weight is 220 g/mol. The maximum Gasteiger partial charge on any atom is 0.292 e. The van der Waals surface area contributed by atoms with E-state index in [0.717, 1.165) is 0 Å². The standard InChI is InChI=1S/C11H12N2O3/c1-14-7-4-3-5-8(15-2)10(7)9-6-13-11(12)16-9/h3-6H,1-2H3,(H2,12,13). The van der Waals surface area contributed by atoms with Crippen LogP contribution < -0.4 is 15.2 Å². The third-order valence-corrected chi connectivity index (χ3v) is 2.20. The summed E-state index contributed by atoms with van der Waals surface area (Å²) >= 11 is 0. The molecule has 0 aliphatic rings. The summed E-state index contributed by atoms with van der Waals surface area (Å²) in [5.74, 6) is 1.82. The van der Waals surface area contributed by atoms with Crippen LogP contribution in [0.25, 0.3) is 11.3 Å². The minimum Gasteiger partial charge on any atom is -0.496 e. The number of methoxy groups -OCH3 is 2. The molecule has 0 aliphatic carbocycles. The van der Waals surface area contributed by atoms with Gasteiger partial charge in [-0.3, -0.25) is 0 Å². The van der Waals surface area contributed by atoms with Crippen LogP contribution in [0.15, 0.2) is 28.8 Å². The second-order valence-corrected chi connectivity index (χ2v) is 3.10. The van der Waals surface area contributed by atoms with Gasteiger partial charge in [0.2, 0.25) is 0 Å². The van der Waals surface area contributed by atoms with Gasteiger partial charge in [0.05, 0.1) is 20.4 Å². The third kappa shape index (κ3) is 1.67. The molecule has 0 amide bonds. The highest BCUT2D eigenvalue weighted by atomic mass is 16.5. The summed E-state index contributed by atoms with van der Waals surface area (Å²) in [6, 6.07) is 5.58. The van der Waals surface area contributed by atoms with Crippen molar-refractivity contribution in [1.29, 1.82) is 0 Å². The molecule has 0 fully saturated rings. The Morgan fingerprint density at radius 3 is 2.25 bits per heavy atom.